The first-order chi connectivity index (χ1) is 17.6. The molecule has 5 aromatic rings. The Labute approximate surface area is 207 Å². The first-order valence-corrected chi connectivity index (χ1v) is 11.8. The van der Waals surface area contributed by atoms with Gasteiger partial charge < -0.3 is 4.98 Å². The van der Waals surface area contributed by atoms with Crippen molar-refractivity contribution in [3.8, 4) is 11.3 Å². The largest absolute Gasteiger partial charge is 0.408 e. The lowest BCUT2D eigenvalue weighted by atomic mass is 10.0. The number of hydrogen-bond acceptors (Lipinski definition) is 5. The summed E-state index contributed by atoms with van der Waals surface area (Å²) in [5, 5.41) is 9.47. The molecule has 1 aliphatic carbocycles. The molecule has 0 bridgehead atoms. The minimum Gasteiger partial charge on any atom is -0.313 e. The fourth-order valence-electron chi connectivity index (χ4n) is 5.02. The lowest BCUT2D eigenvalue weighted by molar-refractivity contribution is -0.141. The van der Waals surface area contributed by atoms with Crippen LogP contribution >= 0.6 is 0 Å². The minimum absolute atomic E-state index is 0.0171. The first kappa shape index (κ1) is 23.2. The standard InChI is InChI=1S/C25H22F3N7O2/c1-12(2)21-14-4-3-13(7-20(14)35(33-21)11-25(26,27)28)15-8-16(15)17-9-19(32-34-6-5-29-22(17)34)18-10-30-24(37)31-23(18)36/h3-7,9-10,12,15-16H,8,11H2,1-2H3,(H2,30,31,36,37)/t15-,16+/m1/s1. The number of fused-ring (bicyclic) bond motifs is 2. The molecule has 4 heterocycles. The normalized spacial score (nSPS) is 17.8. The molecule has 2 atom stereocenters. The Hall–Kier alpha value is -4.22. The third kappa shape index (κ3) is 4.11. The predicted octanol–water partition coefficient (Wildman–Crippen LogP) is 4.08. The summed E-state index contributed by atoms with van der Waals surface area (Å²) in [5.41, 5.74) is 2.96. The van der Waals surface area contributed by atoms with Crippen LogP contribution in [0.25, 0.3) is 27.8 Å². The highest BCUT2D eigenvalue weighted by Crippen LogP contribution is 2.56. The second-order valence-corrected chi connectivity index (χ2v) is 9.70. The average Bonchev–Trinajstić information content (AvgIpc) is 3.33. The minimum atomic E-state index is -4.38. The van der Waals surface area contributed by atoms with Crippen molar-refractivity contribution in [2.24, 2.45) is 0 Å². The van der Waals surface area contributed by atoms with Crippen LogP contribution in [0.5, 0.6) is 0 Å². The molecule has 190 valence electrons. The molecule has 1 saturated carbocycles. The molecule has 0 spiro atoms. The molecule has 37 heavy (non-hydrogen) atoms. The van der Waals surface area contributed by atoms with Gasteiger partial charge in [-0.1, -0.05) is 26.0 Å². The van der Waals surface area contributed by atoms with Gasteiger partial charge in [0.05, 0.1) is 22.5 Å². The van der Waals surface area contributed by atoms with E-state index in [0.717, 1.165) is 27.6 Å². The fraction of sp³-hybridized carbons (Fsp3) is 0.320. The molecule has 4 aromatic heterocycles. The summed E-state index contributed by atoms with van der Waals surface area (Å²) in [6, 6.07) is 7.41. The van der Waals surface area contributed by atoms with Gasteiger partial charge in [-0.2, -0.15) is 23.4 Å². The van der Waals surface area contributed by atoms with E-state index < -0.39 is 24.0 Å². The van der Waals surface area contributed by atoms with E-state index in [2.05, 4.69) is 25.1 Å². The monoisotopic (exact) mass is 509 g/mol. The van der Waals surface area contributed by atoms with E-state index in [1.165, 1.54) is 6.20 Å². The van der Waals surface area contributed by atoms with Crippen molar-refractivity contribution in [2.45, 2.75) is 50.7 Å². The number of nitrogens with one attached hydrogen (secondary N) is 2. The zero-order valence-corrected chi connectivity index (χ0v) is 19.9. The van der Waals surface area contributed by atoms with Crippen LogP contribution in [0.3, 0.4) is 0 Å². The zero-order chi connectivity index (χ0) is 26.1. The summed E-state index contributed by atoms with van der Waals surface area (Å²) in [7, 11) is 0. The number of rotatable bonds is 5. The zero-order valence-electron chi connectivity index (χ0n) is 19.9. The van der Waals surface area contributed by atoms with Crippen LogP contribution in [0.4, 0.5) is 13.2 Å². The summed E-state index contributed by atoms with van der Waals surface area (Å²) in [4.78, 5) is 32.9. The molecule has 0 unspecified atom stereocenters. The number of hydrogen-bond donors (Lipinski definition) is 2. The molecule has 2 N–H and O–H groups in total. The van der Waals surface area contributed by atoms with E-state index in [4.69, 9.17) is 0 Å². The highest BCUT2D eigenvalue weighted by molar-refractivity contribution is 5.83. The SMILES string of the molecule is CC(C)c1nn(CC(F)(F)F)c2cc([C@H]3C[C@@H]3c3cc(-c4c[nH]c(=O)[nH]c4=O)nn4ccnc34)ccc12. The summed E-state index contributed by atoms with van der Waals surface area (Å²) in [6.45, 7) is 2.67. The number of halogens is 3. The highest BCUT2D eigenvalue weighted by atomic mass is 19.4. The number of aromatic nitrogens is 7. The van der Waals surface area contributed by atoms with Crippen molar-refractivity contribution >= 4 is 16.6 Å². The van der Waals surface area contributed by atoms with Crippen molar-refractivity contribution in [1.29, 1.82) is 0 Å². The Bertz CT molecular complexity index is 1780. The molecule has 0 amide bonds. The Balaban J connectivity index is 1.41. The van der Waals surface area contributed by atoms with Gasteiger partial charge in [0.25, 0.3) is 5.56 Å². The third-order valence-corrected chi connectivity index (χ3v) is 6.78. The quantitative estimate of drug-likeness (QED) is 0.371. The number of benzene rings is 1. The van der Waals surface area contributed by atoms with Gasteiger partial charge in [0, 0.05) is 29.5 Å². The molecule has 1 fully saturated rings. The summed E-state index contributed by atoms with van der Waals surface area (Å²) in [6.07, 6.45) is 0.991. The van der Waals surface area contributed by atoms with E-state index in [1.807, 2.05) is 32.0 Å². The van der Waals surface area contributed by atoms with Gasteiger partial charge in [-0.15, -0.1) is 0 Å². The van der Waals surface area contributed by atoms with Crippen LogP contribution in [-0.2, 0) is 6.54 Å². The number of imidazole rings is 1. The maximum absolute atomic E-state index is 13.3. The molecule has 0 aliphatic heterocycles. The predicted molar refractivity (Wildman–Crippen MR) is 130 cm³/mol. The van der Waals surface area contributed by atoms with Crippen LogP contribution in [0.2, 0.25) is 0 Å². The first-order valence-electron chi connectivity index (χ1n) is 11.8. The van der Waals surface area contributed by atoms with E-state index in [-0.39, 0.29) is 23.3 Å². The Kier molecular flexibility index (Phi) is 5.11. The van der Waals surface area contributed by atoms with E-state index in [1.54, 1.807) is 23.0 Å². The third-order valence-electron chi connectivity index (χ3n) is 6.78. The molecule has 0 radical (unpaired) electrons. The smallest absolute Gasteiger partial charge is 0.313 e. The van der Waals surface area contributed by atoms with E-state index >= 15 is 0 Å². The molecule has 6 rings (SSSR count). The molecule has 9 nitrogen and oxygen atoms in total. The van der Waals surface area contributed by atoms with Gasteiger partial charge in [-0.05, 0) is 41.9 Å². The number of H-pyrrole nitrogens is 2. The number of aromatic amines is 2. The Morgan fingerprint density at radius 3 is 2.68 bits per heavy atom. The van der Waals surface area contributed by atoms with Crippen molar-refractivity contribution in [2.75, 3.05) is 0 Å². The average molecular weight is 509 g/mol. The van der Waals surface area contributed by atoms with Crippen LogP contribution in [0, 0.1) is 0 Å². The number of alkyl halides is 3. The molecule has 12 heteroatoms. The lowest BCUT2D eigenvalue weighted by Crippen LogP contribution is -2.23. The highest BCUT2D eigenvalue weighted by Gasteiger charge is 2.42. The van der Waals surface area contributed by atoms with Gasteiger partial charge in [-0.3, -0.25) is 14.5 Å². The van der Waals surface area contributed by atoms with Crippen LogP contribution in [0.15, 0.2) is 52.4 Å². The van der Waals surface area contributed by atoms with Gasteiger partial charge in [0.1, 0.15) is 6.54 Å². The molecular weight excluding hydrogens is 487 g/mol. The summed E-state index contributed by atoms with van der Waals surface area (Å²) in [5.74, 6) is 0.0804. The fourth-order valence-corrected chi connectivity index (χ4v) is 5.02. The van der Waals surface area contributed by atoms with E-state index in [9.17, 15) is 22.8 Å². The summed E-state index contributed by atoms with van der Waals surface area (Å²) < 4.78 is 42.4. The number of nitrogens with zero attached hydrogens (tertiary/aromatic N) is 5. The second kappa shape index (κ2) is 8.15. The Morgan fingerprint density at radius 1 is 1.14 bits per heavy atom. The van der Waals surface area contributed by atoms with Gasteiger partial charge in [0.15, 0.2) is 5.65 Å². The van der Waals surface area contributed by atoms with Gasteiger partial charge in [0.2, 0.25) is 0 Å². The second-order valence-electron chi connectivity index (χ2n) is 9.70. The molecule has 1 aromatic carbocycles. The van der Waals surface area contributed by atoms with Crippen molar-refractivity contribution in [3.05, 3.63) is 80.5 Å². The lowest BCUT2D eigenvalue weighted by Gasteiger charge is -2.09. The summed E-state index contributed by atoms with van der Waals surface area (Å²) >= 11 is 0. The van der Waals surface area contributed by atoms with Gasteiger partial charge in [-0.25, -0.2) is 14.3 Å². The van der Waals surface area contributed by atoms with Crippen molar-refractivity contribution in [3.63, 3.8) is 0 Å². The Morgan fingerprint density at radius 2 is 1.95 bits per heavy atom. The maximum Gasteiger partial charge on any atom is 0.408 e. The van der Waals surface area contributed by atoms with Crippen molar-refractivity contribution in [1.82, 2.24) is 34.3 Å². The van der Waals surface area contributed by atoms with Crippen LogP contribution < -0.4 is 11.2 Å². The van der Waals surface area contributed by atoms with Crippen molar-refractivity contribution < 1.29 is 13.2 Å². The molecule has 0 saturated heterocycles. The van der Waals surface area contributed by atoms with Crippen LogP contribution in [-0.4, -0.2) is 40.5 Å². The topological polar surface area (TPSA) is 114 Å². The van der Waals surface area contributed by atoms with Gasteiger partial charge >= 0.3 is 11.9 Å². The molecule has 1 aliphatic rings. The molecular formula is C25H22F3N7O2. The maximum atomic E-state index is 13.3. The van der Waals surface area contributed by atoms with Crippen LogP contribution in [0.1, 0.15) is 54.8 Å². The van der Waals surface area contributed by atoms with E-state index in [0.29, 0.717) is 22.6 Å².